The first-order valence-corrected chi connectivity index (χ1v) is 18.8. The average Bonchev–Trinajstić information content (AvgIpc) is 2.92. The minimum atomic E-state index is -2.27. The second-order valence-electron chi connectivity index (χ2n) is 9.19. The molecule has 0 N–H and O–H groups in total. The number of ether oxygens (including phenoxy) is 2. The summed E-state index contributed by atoms with van der Waals surface area (Å²) in [5, 5.41) is 0. The molecule has 0 unspecified atom stereocenters. The van der Waals surface area contributed by atoms with Gasteiger partial charge in [0.15, 0.2) is 0 Å². The fraction of sp³-hybridized carbons (Fsp3) is 0.913. The van der Waals surface area contributed by atoms with E-state index in [0.29, 0.717) is 5.92 Å². The predicted molar refractivity (Wildman–Crippen MR) is 117 cm³/mol. The second-order valence-corrected chi connectivity index (χ2v) is 22.8. The number of hydrogen-bond donors (Lipinski definition) is 0. The van der Waals surface area contributed by atoms with Gasteiger partial charge in [0.1, 0.15) is 0 Å². The average molecular weight is 473 g/mol. The van der Waals surface area contributed by atoms with Crippen molar-refractivity contribution in [3.8, 4) is 0 Å². The van der Waals surface area contributed by atoms with Crippen molar-refractivity contribution in [2.45, 2.75) is 118 Å². The molecular weight excluding hydrogens is 427 g/mol. The van der Waals surface area contributed by atoms with E-state index in [0.717, 1.165) is 13.0 Å². The summed E-state index contributed by atoms with van der Waals surface area (Å²) in [4.78, 5) is 0. The third kappa shape index (κ3) is 8.22. The van der Waals surface area contributed by atoms with Crippen LogP contribution in [0.1, 0.15) is 92.9 Å². The molecule has 2 nitrogen and oxygen atoms in total. The van der Waals surface area contributed by atoms with Crippen LogP contribution in [0.5, 0.6) is 0 Å². The van der Waals surface area contributed by atoms with Gasteiger partial charge in [0, 0.05) is 0 Å². The third-order valence-electron chi connectivity index (χ3n) is 6.10. The minimum absolute atomic E-state index is 0.263. The number of rotatable bonds is 14. The van der Waals surface area contributed by atoms with Gasteiger partial charge in [0.2, 0.25) is 0 Å². The topological polar surface area (TPSA) is 18.5 Å². The summed E-state index contributed by atoms with van der Waals surface area (Å²) in [6.07, 6.45) is 10.9. The van der Waals surface area contributed by atoms with Gasteiger partial charge in [-0.2, -0.15) is 0 Å². The Morgan fingerprint density at radius 2 is 1.54 bits per heavy atom. The van der Waals surface area contributed by atoms with Crippen LogP contribution in [0, 0.1) is 5.92 Å². The zero-order valence-corrected chi connectivity index (χ0v) is 21.5. The van der Waals surface area contributed by atoms with Gasteiger partial charge in [-0.25, -0.2) is 0 Å². The number of allylic oxidation sites excluding steroid dienone is 1. The molecule has 0 spiro atoms. The third-order valence-corrected chi connectivity index (χ3v) is 22.2. The van der Waals surface area contributed by atoms with E-state index in [-0.39, 0.29) is 6.10 Å². The molecule has 1 aliphatic heterocycles. The molecule has 1 fully saturated rings. The van der Waals surface area contributed by atoms with E-state index >= 15 is 0 Å². The van der Waals surface area contributed by atoms with Gasteiger partial charge in [-0.3, -0.25) is 0 Å². The van der Waals surface area contributed by atoms with Crippen molar-refractivity contribution in [3.05, 3.63) is 10.2 Å². The Bertz CT molecular complexity index is 383. The fourth-order valence-corrected chi connectivity index (χ4v) is 20.7. The zero-order chi connectivity index (χ0) is 19.6. The van der Waals surface area contributed by atoms with Crippen LogP contribution in [0.15, 0.2) is 10.2 Å². The quantitative estimate of drug-likeness (QED) is 0.243. The first-order valence-electron chi connectivity index (χ1n) is 11.3. The molecule has 1 aliphatic rings. The monoisotopic (exact) mass is 474 g/mol. The van der Waals surface area contributed by atoms with E-state index in [2.05, 4.69) is 27.7 Å². The van der Waals surface area contributed by atoms with Gasteiger partial charge in [0.05, 0.1) is 0 Å². The van der Waals surface area contributed by atoms with Gasteiger partial charge >= 0.3 is 169 Å². The summed E-state index contributed by atoms with van der Waals surface area (Å²) in [5.41, 5.74) is 0. The number of unbranched alkanes of at least 4 members (excludes halogenated alkanes) is 3. The molecule has 3 heteroatoms. The summed E-state index contributed by atoms with van der Waals surface area (Å²) < 4.78 is 18.1. The molecule has 0 aromatic rings. The molecule has 2 atom stereocenters. The fourth-order valence-electron chi connectivity index (χ4n) is 4.50. The van der Waals surface area contributed by atoms with Gasteiger partial charge in [0.25, 0.3) is 0 Å². The Morgan fingerprint density at radius 3 is 1.92 bits per heavy atom. The zero-order valence-electron chi connectivity index (χ0n) is 18.7. The first kappa shape index (κ1) is 24.5. The summed E-state index contributed by atoms with van der Waals surface area (Å²) in [7, 11) is 0. The second kappa shape index (κ2) is 12.1. The maximum atomic E-state index is 6.05. The van der Waals surface area contributed by atoms with E-state index in [9.17, 15) is 0 Å². The molecule has 0 saturated carbocycles. The number of hydrogen-bond acceptors (Lipinski definition) is 2. The molecule has 0 aromatic heterocycles. The molecule has 0 aromatic carbocycles. The summed E-state index contributed by atoms with van der Waals surface area (Å²) in [5.74, 6) is 0.263. The summed E-state index contributed by atoms with van der Waals surface area (Å²) in [6.45, 7) is 19.0. The van der Waals surface area contributed by atoms with Crippen LogP contribution in [0.2, 0.25) is 13.3 Å². The van der Waals surface area contributed by atoms with Crippen LogP contribution in [0.3, 0.4) is 0 Å². The Hall–Kier alpha value is 0.459. The van der Waals surface area contributed by atoms with E-state index in [1.165, 1.54) is 58.3 Å². The standard InChI is InChI=1S/C11H19O2.3C4H9.Sn/c1-5-6-9(2)7-10-8-12-11(3,4)13-10;3*1-3-4-2;/h9-10H,1,6-8H2,2-4H3;3*1,3-4H2,2H3;/t9-,10-;;;;/m1..../s1. The van der Waals surface area contributed by atoms with Gasteiger partial charge in [-0.15, -0.1) is 0 Å². The van der Waals surface area contributed by atoms with Crippen molar-refractivity contribution in [2.24, 2.45) is 5.92 Å². The van der Waals surface area contributed by atoms with Crippen LogP contribution >= 0.6 is 0 Å². The van der Waals surface area contributed by atoms with Crippen LogP contribution in [-0.4, -0.2) is 36.9 Å². The molecule has 0 aliphatic carbocycles. The summed E-state index contributed by atoms with van der Waals surface area (Å²) >= 11 is -2.27. The maximum absolute atomic E-state index is 6.05. The van der Waals surface area contributed by atoms with Crippen molar-refractivity contribution < 1.29 is 9.47 Å². The Kier molecular flexibility index (Phi) is 11.4. The SMILES string of the molecule is C=[C](C[C@@H](C)C[C@@H]1COC(C)(C)O1)[Sn]([CH2]CCC)([CH2]CCC)[CH2]CCC. The molecule has 26 heavy (non-hydrogen) atoms. The first-order chi connectivity index (χ1) is 12.3. The van der Waals surface area contributed by atoms with Crippen LogP contribution in [0.25, 0.3) is 0 Å². The van der Waals surface area contributed by atoms with Crippen molar-refractivity contribution in [2.75, 3.05) is 6.61 Å². The predicted octanol–water partition coefficient (Wildman–Crippen LogP) is 7.50. The van der Waals surface area contributed by atoms with Crippen molar-refractivity contribution in [1.82, 2.24) is 0 Å². The van der Waals surface area contributed by atoms with E-state index in [1.807, 2.05) is 13.8 Å². The van der Waals surface area contributed by atoms with E-state index in [1.54, 1.807) is 3.59 Å². The molecule has 0 radical (unpaired) electrons. The molecule has 1 saturated heterocycles. The van der Waals surface area contributed by atoms with Crippen LogP contribution < -0.4 is 0 Å². The molecule has 0 bridgehead atoms. The molecular formula is C23H46O2Sn. The Balaban J connectivity index is 2.71. The molecule has 1 heterocycles. The van der Waals surface area contributed by atoms with Crippen LogP contribution in [-0.2, 0) is 9.47 Å². The Morgan fingerprint density at radius 1 is 1.04 bits per heavy atom. The van der Waals surface area contributed by atoms with Gasteiger partial charge in [-0.05, 0) is 0 Å². The molecule has 1 rings (SSSR count). The van der Waals surface area contributed by atoms with Crippen molar-refractivity contribution in [3.63, 3.8) is 0 Å². The molecule has 0 amide bonds. The van der Waals surface area contributed by atoms with Gasteiger partial charge in [-0.1, -0.05) is 0 Å². The van der Waals surface area contributed by atoms with Crippen molar-refractivity contribution in [1.29, 1.82) is 0 Å². The normalized spacial score (nSPS) is 21.1. The van der Waals surface area contributed by atoms with Crippen molar-refractivity contribution >= 4 is 18.4 Å². The van der Waals surface area contributed by atoms with Crippen LogP contribution in [0.4, 0.5) is 0 Å². The molecule has 154 valence electrons. The summed E-state index contributed by atoms with van der Waals surface area (Å²) in [6, 6.07) is 0. The van der Waals surface area contributed by atoms with E-state index in [4.69, 9.17) is 16.1 Å². The Labute approximate surface area is 168 Å². The van der Waals surface area contributed by atoms with Gasteiger partial charge < -0.3 is 0 Å². The van der Waals surface area contributed by atoms with E-state index < -0.39 is 24.2 Å².